The van der Waals surface area contributed by atoms with Crippen LogP contribution >= 0.6 is 0 Å². The largest absolute Gasteiger partial charge is 0.333 e. The number of para-hydroxylation sites is 1. The van der Waals surface area contributed by atoms with E-state index < -0.39 is 0 Å². The van der Waals surface area contributed by atoms with Gasteiger partial charge in [-0.25, -0.2) is 4.68 Å². The highest BCUT2D eigenvalue weighted by Crippen LogP contribution is 2.28. The molecule has 0 radical (unpaired) electrons. The molecule has 0 atom stereocenters. The van der Waals surface area contributed by atoms with E-state index in [0.717, 1.165) is 35.3 Å². The molecule has 128 valence electrons. The molecule has 4 heteroatoms. The Morgan fingerprint density at radius 2 is 1.88 bits per heavy atom. The van der Waals surface area contributed by atoms with Crippen molar-refractivity contribution in [3.8, 4) is 5.69 Å². The van der Waals surface area contributed by atoms with Gasteiger partial charge in [-0.3, -0.25) is 4.79 Å². The summed E-state index contributed by atoms with van der Waals surface area (Å²) >= 11 is 0. The van der Waals surface area contributed by atoms with Gasteiger partial charge in [-0.15, -0.1) is 0 Å². The summed E-state index contributed by atoms with van der Waals surface area (Å²) in [5.41, 5.74) is 3.82. The van der Waals surface area contributed by atoms with Gasteiger partial charge in [0.25, 0.3) is 5.91 Å². The Hall–Kier alpha value is -2.10. The second-order valence-corrected chi connectivity index (χ2v) is 7.09. The predicted octanol–water partition coefficient (Wildman–Crippen LogP) is 4.28. The minimum Gasteiger partial charge on any atom is -0.333 e. The zero-order valence-corrected chi connectivity index (χ0v) is 15.1. The van der Waals surface area contributed by atoms with Crippen LogP contribution in [0.3, 0.4) is 0 Å². The summed E-state index contributed by atoms with van der Waals surface area (Å²) < 4.78 is 1.88. The number of carbonyl (C=O) groups is 1. The van der Waals surface area contributed by atoms with E-state index in [1.165, 1.54) is 12.8 Å². The van der Waals surface area contributed by atoms with Gasteiger partial charge in [0.05, 0.1) is 23.1 Å². The first-order valence-electron chi connectivity index (χ1n) is 8.94. The Bertz CT molecular complexity index is 726. The Morgan fingerprint density at radius 3 is 2.50 bits per heavy atom. The van der Waals surface area contributed by atoms with Crippen LogP contribution in [0.4, 0.5) is 0 Å². The normalized spacial score (nSPS) is 15.2. The Kier molecular flexibility index (Phi) is 4.74. The number of aryl methyl sites for hydroxylation is 1. The lowest BCUT2D eigenvalue weighted by Gasteiger charge is -2.32. The van der Waals surface area contributed by atoms with Gasteiger partial charge in [-0.2, -0.15) is 5.10 Å². The van der Waals surface area contributed by atoms with Crippen LogP contribution in [0.1, 0.15) is 61.1 Å². The first-order chi connectivity index (χ1) is 11.5. The van der Waals surface area contributed by atoms with Crippen LogP contribution in [-0.2, 0) is 0 Å². The Balaban J connectivity index is 1.95. The van der Waals surface area contributed by atoms with Crippen LogP contribution in [0, 0.1) is 13.8 Å². The van der Waals surface area contributed by atoms with E-state index >= 15 is 0 Å². The van der Waals surface area contributed by atoms with Crippen molar-refractivity contribution < 1.29 is 4.79 Å². The van der Waals surface area contributed by atoms with Crippen molar-refractivity contribution in [2.75, 3.05) is 0 Å². The fourth-order valence-corrected chi connectivity index (χ4v) is 3.81. The maximum atomic E-state index is 13.2. The number of carbonyl (C=O) groups excluding carboxylic acids is 1. The average Bonchev–Trinajstić information content (AvgIpc) is 3.18. The number of amides is 1. The van der Waals surface area contributed by atoms with E-state index in [0.29, 0.717) is 6.04 Å². The van der Waals surface area contributed by atoms with Crippen LogP contribution in [-0.4, -0.2) is 32.7 Å². The molecule has 0 N–H and O–H groups in total. The predicted molar refractivity (Wildman–Crippen MR) is 96.6 cm³/mol. The molecule has 1 saturated carbocycles. The summed E-state index contributed by atoms with van der Waals surface area (Å²) in [4.78, 5) is 15.3. The van der Waals surface area contributed by atoms with E-state index in [-0.39, 0.29) is 11.9 Å². The SMILES string of the molecule is Cc1ccccc1-n1ncc(C(=O)N(C(C)C)C2CCCC2)c1C. The van der Waals surface area contributed by atoms with Crippen LogP contribution < -0.4 is 0 Å². The molecule has 1 aromatic heterocycles. The third kappa shape index (κ3) is 2.97. The van der Waals surface area contributed by atoms with Gasteiger partial charge < -0.3 is 4.90 Å². The standard InChI is InChI=1S/C20H27N3O/c1-14(2)22(17-10-6-7-11-17)20(24)18-13-21-23(16(18)4)19-12-8-5-9-15(19)3/h5,8-9,12-14,17H,6-7,10-11H2,1-4H3. The second-order valence-electron chi connectivity index (χ2n) is 7.09. The van der Waals surface area contributed by atoms with Gasteiger partial charge >= 0.3 is 0 Å². The van der Waals surface area contributed by atoms with Gasteiger partial charge in [0.1, 0.15) is 0 Å². The van der Waals surface area contributed by atoms with E-state index in [1.807, 2.05) is 29.8 Å². The molecule has 1 fully saturated rings. The fraction of sp³-hybridized carbons (Fsp3) is 0.500. The Labute approximate surface area is 144 Å². The molecule has 0 unspecified atom stereocenters. The smallest absolute Gasteiger partial charge is 0.257 e. The highest BCUT2D eigenvalue weighted by molar-refractivity contribution is 5.95. The van der Waals surface area contributed by atoms with Crippen molar-refractivity contribution in [3.05, 3.63) is 47.3 Å². The lowest BCUT2D eigenvalue weighted by atomic mass is 10.1. The first kappa shape index (κ1) is 16.7. The highest BCUT2D eigenvalue weighted by Gasteiger charge is 2.31. The van der Waals surface area contributed by atoms with Gasteiger partial charge in [-0.1, -0.05) is 31.0 Å². The van der Waals surface area contributed by atoms with Gasteiger partial charge in [0, 0.05) is 12.1 Å². The summed E-state index contributed by atoms with van der Waals surface area (Å²) in [6.07, 6.45) is 6.42. The quantitative estimate of drug-likeness (QED) is 0.841. The molecule has 0 saturated heterocycles. The molecule has 1 aromatic carbocycles. The zero-order chi connectivity index (χ0) is 17.3. The number of rotatable bonds is 4. The number of benzene rings is 1. The van der Waals surface area contributed by atoms with Crippen molar-refractivity contribution in [3.63, 3.8) is 0 Å². The third-order valence-corrected chi connectivity index (χ3v) is 5.09. The molecule has 0 spiro atoms. The molecule has 1 aliphatic carbocycles. The van der Waals surface area contributed by atoms with Crippen LogP contribution in [0.15, 0.2) is 30.5 Å². The van der Waals surface area contributed by atoms with E-state index in [1.54, 1.807) is 6.20 Å². The van der Waals surface area contributed by atoms with Crippen LogP contribution in [0.2, 0.25) is 0 Å². The molecule has 1 aliphatic rings. The van der Waals surface area contributed by atoms with Crippen molar-refractivity contribution in [1.82, 2.24) is 14.7 Å². The summed E-state index contributed by atoms with van der Waals surface area (Å²) in [5.74, 6) is 0.120. The molecule has 4 nitrogen and oxygen atoms in total. The topological polar surface area (TPSA) is 38.1 Å². The molecular formula is C20H27N3O. The molecule has 0 bridgehead atoms. The van der Waals surface area contributed by atoms with E-state index in [4.69, 9.17) is 0 Å². The van der Waals surface area contributed by atoms with E-state index in [9.17, 15) is 4.79 Å². The van der Waals surface area contributed by atoms with Crippen molar-refractivity contribution in [1.29, 1.82) is 0 Å². The van der Waals surface area contributed by atoms with Crippen molar-refractivity contribution in [2.45, 2.75) is 65.5 Å². The van der Waals surface area contributed by atoms with Crippen molar-refractivity contribution in [2.24, 2.45) is 0 Å². The highest BCUT2D eigenvalue weighted by atomic mass is 16.2. The average molecular weight is 325 g/mol. The fourth-order valence-electron chi connectivity index (χ4n) is 3.81. The number of nitrogens with zero attached hydrogens (tertiary/aromatic N) is 3. The summed E-state index contributed by atoms with van der Waals surface area (Å²) in [7, 11) is 0. The zero-order valence-electron chi connectivity index (χ0n) is 15.1. The minimum atomic E-state index is 0.120. The maximum absolute atomic E-state index is 13.2. The van der Waals surface area contributed by atoms with Crippen molar-refractivity contribution >= 4 is 5.91 Å². The van der Waals surface area contributed by atoms with Crippen LogP contribution in [0.25, 0.3) is 5.69 Å². The lowest BCUT2D eigenvalue weighted by Crippen LogP contribution is -2.43. The number of hydrogen-bond donors (Lipinski definition) is 0. The van der Waals surface area contributed by atoms with Gasteiger partial charge in [0.2, 0.25) is 0 Å². The van der Waals surface area contributed by atoms with E-state index in [2.05, 4.69) is 36.8 Å². The molecule has 3 rings (SSSR count). The molecule has 0 aliphatic heterocycles. The second kappa shape index (κ2) is 6.80. The molecular weight excluding hydrogens is 298 g/mol. The maximum Gasteiger partial charge on any atom is 0.257 e. The van der Waals surface area contributed by atoms with Crippen LogP contribution in [0.5, 0.6) is 0 Å². The Morgan fingerprint density at radius 1 is 1.21 bits per heavy atom. The first-order valence-corrected chi connectivity index (χ1v) is 8.94. The van der Waals surface area contributed by atoms with Gasteiger partial charge in [0.15, 0.2) is 0 Å². The third-order valence-electron chi connectivity index (χ3n) is 5.09. The molecule has 24 heavy (non-hydrogen) atoms. The van der Waals surface area contributed by atoms with Gasteiger partial charge in [-0.05, 0) is 52.2 Å². The monoisotopic (exact) mass is 325 g/mol. The lowest BCUT2D eigenvalue weighted by molar-refractivity contribution is 0.0612. The number of aromatic nitrogens is 2. The minimum absolute atomic E-state index is 0.120. The summed E-state index contributed by atoms with van der Waals surface area (Å²) in [6.45, 7) is 8.27. The molecule has 1 amide bonds. The summed E-state index contributed by atoms with van der Waals surface area (Å²) in [5, 5.41) is 4.51. The molecule has 1 heterocycles. The molecule has 2 aromatic rings. The summed E-state index contributed by atoms with van der Waals surface area (Å²) in [6, 6.07) is 8.71. The number of hydrogen-bond acceptors (Lipinski definition) is 2.